The second-order valence-electron chi connectivity index (χ2n) is 3.39. The third kappa shape index (κ3) is 2.72. The van der Waals surface area contributed by atoms with Gasteiger partial charge in [-0.3, -0.25) is 4.98 Å². The first-order valence-electron chi connectivity index (χ1n) is 4.83. The molecular weight excluding hydrogens is 162 g/mol. The predicted molar refractivity (Wildman–Crippen MR) is 54.1 cm³/mol. The van der Waals surface area contributed by atoms with Gasteiger partial charge < -0.3 is 4.74 Å². The largest absolute Gasteiger partial charge is 0.492 e. The normalized spacial score (nSPS) is 10.5. The van der Waals surface area contributed by atoms with Crippen LogP contribution < -0.4 is 4.74 Å². The molecule has 0 aliphatic rings. The molecule has 2 heteroatoms. The van der Waals surface area contributed by atoms with Gasteiger partial charge in [-0.05, 0) is 24.5 Å². The van der Waals surface area contributed by atoms with E-state index in [1.807, 2.05) is 18.3 Å². The summed E-state index contributed by atoms with van der Waals surface area (Å²) in [5.74, 6) is 1.35. The summed E-state index contributed by atoms with van der Waals surface area (Å²) < 4.78 is 5.59. The van der Waals surface area contributed by atoms with Crippen molar-refractivity contribution in [3.63, 3.8) is 0 Å². The molecule has 0 radical (unpaired) electrons. The van der Waals surface area contributed by atoms with Crippen LogP contribution in [0.4, 0.5) is 0 Å². The van der Waals surface area contributed by atoms with Crippen molar-refractivity contribution in [2.75, 3.05) is 6.61 Å². The first kappa shape index (κ1) is 10.0. The van der Waals surface area contributed by atoms with Crippen LogP contribution in [0.5, 0.6) is 5.75 Å². The monoisotopic (exact) mass is 179 g/mol. The molecule has 0 amide bonds. The van der Waals surface area contributed by atoms with Gasteiger partial charge in [0.25, 0.3) is 0 Å². The van der Waals surface area contributed by atoms with Gasteiger partial charge in [0.15, 0.2) is 0 Å². The fraction of sp³-hybridized carbons (Fsp3) is 0.545. The molecule has 0 N–H and O–H groups in total. The van der Waals surface area contributed by atoms with Crippen LogP contribution in [0, 0.1) is 0 Å². The van der Waals surface area contributed by atoms with Gasteiger partial charge >= 0.3 is 0 Å². The molecule has 0 fully saturated rings. The minimum Gasteiger partial charge on any atom is -0.492 e. The molecule has 0 spiro atoms. The van der Waals surface area contributed by atoms with Crippen LogP contribution in [0.25, 0.3) is 0 Å². The fourth-order valence-corrected chi connectivity index (χ4v) is 1.17. The number of pyridine rings is 1. The van der Waals surface area contributed by atoms with Gasteiger partial charge in [0, 0.05) is 6.20 Å². The molecule has 1 rings (SSSR count). The summed E-state index contributed by atoms with van der Waals surface area (Å²) in [5, 5.41) is 0. The summed E-state index contributed by atoms with van der Waals surface area (Å²) in [6.45, 7) is 7.12. The van der Waals surface area contributed by atoms with Gasteiger partial charge in [-0.2, -0.15) is 0 Å². The summed E-state index contributed by atoms with van der Waals surface area (Å²) in [5.41, 5.74) is 1.05. The van der Waals surface area contributed by atoms with Crippen molar-refractivity contribution >= 4 is 0 Å². The zero-order valence-electron chi connectivity index (χ0n) is 8.58. The van der Waals surface area contributed by atoms with Crippen LogP contribution in [-0.2, 0) is 0 Å². The Morgan fingerprint density at radius 1 is 1.46 bits per heavy atom. The lowest BCUT2D eigenvalue weighted by molar-refractivity contribution is 0.311. The molecule has 0 unspecified atom stereocenters. The van der Waals surface area contributed by atoms with E-state index in [2.05, 4.69) is 25.8 Å². The molecule has 13 heavy (non-hydrogen) atoms. The van der Waals surface area contributed by atoms with Gasteiger partial charge in [-0.25, -0.2) is 0 Å². The van der Waals surface area contributed by atoms with Crippen molar-refractivity contribution in [3.05, 3.63) is 24.0 Å². The van der Waals surface area contributed by atoms with Crippen molar-refractivity contribution in [2.24, 2.45) is 0 Å². The van der Waals surface area contributed by atoms with Crippen molar-refractivity contribution in [2.45, 2.75) is 33.1 Å². The third-order valence-corrected chi connectivity index (χ3v) is 1.81. The smallest absolute Gasteiger partial charge is 0.141 e. The van der Waals surface area contributed by atoms with E-state index >= 15 is 0 Å². The Morgan fingerprint density at radius 2 is 2.23 bits per heavy atom. The van der Waals surface area contributed by atoms with E-state index in [0.717, 1.165) is 24.5 Å². The molecule has 2 nitrogen and oxygen atoms in total. The summed E-state index contributed by atoms with van der Waals surface area (Å²) in [6.07, 6.45) is 2.85. The molecule has 0 aromatic carbocycles. The molecule has 1 heterocycles. The SMILES string of the molecule is CCCOc1cccnc1C(C)C. The lowest BCUT2D eigenvalue weighted by Gasteiger charge is -2.11. The maximum absolute atomic E-state index is 5.59. The van der Waals surface area contributed by atoms with E-state index in [-0.39, 0.29) is 0 Å². The molecule has 1 aromatic rings. The summed E-state index contributed by atoms with van der Waals surface area (Å²) in [6, 6.07) is 3.90. The number of nitrogens with zero attached hydrogens (tertiary/aromatic N) is 1. The van der Waals surface area contributed by atoms with Crippen molar-refractivity contribution in [3.8, 4) is 5.75 Å². The van der Waals surface area contributed by atoms with E-state index in [0.29, 0.717) is 5.92 Å². The first-order valence-corrected chi connectivity index (χ1v) is 4.83. The molecule has 0 aliphatic heterocycles. The van der Waals surface area contributed by atoms with Crippen LogP contribution in [0.3, 0.4) is 0 Å². The topological polar surface area (TPSA) is 22.1 Å². The zero-order chi connectivity index (χ0) is 9.68. The number of hydrogen-bond donors (Lipinski definition) is 0. The number of hydrogen-bond acceptors (Lipinski definition) is 2. The maximum Gasteiger partial charge on any atom is 0.141 e. The van der Waals surface area contributed by atoms with Crippen LogP contribution in [0.1, 0.15) is 38.8 Å². The molecule has 0 aliphatic carbocycles. The van der Waals surface area contributed by atoms with Gasteiger partial charge in [0.1, 0.15) is 5.75 Å². The average molecular weight is 179 g/mol. The standard InChI is InChI=1S/C11H17NO/c1-4-8-13-10-6-5-7-12-11(10)9(2)3/h5-7,9H,4,8H2,1-3H3. The number of aromatic nitrogens is 1. The highest BCUT2D eigenvalue weighted by Gasteiger charge is 2.07. The summed E-state index contributed by atoms with van der Waals surface area (Å²) in [7, 11) is 0. The second-order valence-corrected chi connectivity index (χ2v) is 3.39. The molecule has 0 bridgehead atoms. The van der Waals surface area contributed by atoms with Crippen LogP contribution in [0.15, 0.2) is 18.3 Å². The molecule has 0 saturated carbocycles. The quantitative estimate of drug-likeness (QED) is 0.708. The minimum atomic E-state index is 0.424. The van der Waals surface area contributed by atoms with E-state index in [1.54, 1.807) is 0 Å². The number of rotatable bonds is 4. The van der Waals surface area contributed by atoms with Gasteiger partial charge in [-0.15, -0.1) is 0 Å². The van der Waals surface area contributed by atoms with E-state index < -0.39 is 0 Å². The van der Waals surface area contributed by atoms with Gasteiger partial charge in [0.05, 0.1) is 12.3 Å². The second kappa shape index (κ2) is 4.85. The van der Waals surface area contributed by atoms with Gasteiger partial charge in [0.2, 0.25) is 0 Å². The Balaban J connectivity index is 2.78. The van der Waals surface area contributed by atoms with E-state index in [1.165, 1.54) is 0 Å². The Morgan fingerprint density at radius 3 is 2.85 bits per heavy atom. The van der Waals surface area contributed by atoms with E-state index in [9.17, 15) is 0 Å². The Bertz CT molecular complexity index is 258. The zero-order valence-corrected chi connectivity index (χ0v) is 8.58. The lowest BCUT2D eigenvalue weighted by atomic mass is 10.1. The Kier molecular flexibility index (Phi) is 3.74. The number of ether oxygens (including phenoxy) is 1. The molecule has 1 aromatic heterocycles. The predicted octanol–water partition coefficient (Wildman–Crippen LogP) is 2.99. The van der Waals surface area contributed by atoms with Crippen molar-refractivity contribution < 1.29 is 4.74 Å². The Labute approximate surface area is 80.0 Å². The van der Waals surface area contributed by atoms with Crippen LogP contribution >= 0.6 is 0 Å². The van der Waals surface area contributed by atoms with Gasteiger partial charge in [-0.1, -0.05) is 20.8 Å². The first-order chi connectivity index (χ1) is 6.25. The van der Waals surface area contributed by atoms with E-state index in [4.69, 9.17) is 4.74 Å². The Hall–Kier alpha value is -1.05. The minimum absolute atomic E-state index is 0.424. The molecule has 0 atom stereocenters. The lowest BCUT2D eigenvalue weighted by Crippen LogP contribution is -2.01. The van der Waals surface area contributed by atoms with Crippen molar-refractivity contribution in [1.82, 2.24) is 4.98 Å². The highest BCUT2D eigenvalue weighted by atomic mass is 16.5. The highest BCUT2D eigenvalue weighted by molar-refractivity contribution is 5.29. The summed E-state index contributed by atoms with van der Waals surface area (Å²) >= 11 is 0. The third-order valence-electron chi connectivity index (χ3n) is 1.81. The van der Waals surface area contributed by atoms with Crippen LogP contribution in [0.2, 0.25) is 0 Å². The maximum atomic E-state index is 5.59. The van der Waals surface area contributed by atoms with Crippen molar-refractivity contribution in [1.29, 1.82) is 0 Å². The average Bonchev–Trinajstić information content (AvgIpc) is 2.15. The summed E-state index contributed by atoms with van der Waals surface area (Å²) in [4.78, 5) is 4.31. The molecule has 72 valence electrons. The van der Waals surface area contributed by atoms with Crippen LogP contribution in [-0.4, -0.2) is 11.6 Å². The fourth-order valence-electron chi connectivity index (χ4n) is 1.17. The molecular formula is C11H17NO. The highest BCUT2D eigenvalue weighted by Crippen LogP contribution is 2.23. The molecule has 0 saturated heterocycles.